The van der Waals surface area contributed by atoms with Crippen LogP contribution in [0, 0.1) is 0 Å². The molecule has 0 spiro atoms. The lowest BCUT2D eigenvalue weighted by Crippen LogP contribution is -2.54. The highest BCUT2D eigenvalue weighted by molar-refractivity contribution is 7.69. The molecule has 26 nitrogen and oxygen atoms in total. The van der Waals surface area contributed by atoms with Crippen molar-refractivity contribution in [2.75, 3.05) is 13.2 Å². The number of ether oxygens (including phenoxy) is 4. The summed E-state index contributed by atoms with van der Waals surface area (Å²) in [5.74, 6) is 0. The molecule has 0 bridgehead atoms. The Labute approximate surface area is 320 Å². The lowest BCUT2D eigenvalue weighted by Gasteiger charge is -2.32. The van der Waals surface area contributed by atoms with Gasteiger partial charge in [0, 0.05) is 31.3 Å². The van der Waals surface area contributed by atoms with E-state index in [4.69, 9.17) is 29.2 Å². The molecule has 2 aromatic rings. The van der Waals surface area contributed by atoms with E-state index in [1.54, 1.807) is 37.3 Å². The molecule has 30 heteroatoms. The van der Waals surface area contributed by atoms with Gasteiger partial charge in [0.15, 0.2) is 12.5 Å². The number of nitrogens with one attached hydrogen (secondary N) is 2. The number of carbonyl (C=O) groups is 1. The molecule has 9 N–H and O–H groups in total. The number of nitrogens with zero attached hydrogens (tertiary/aromatic N) is 2. The molecule has 316 valence electrons. The van der Waals surface area contributed by atoms with Crippen LogP contribution < -0.4 is 22.3 Å². The highest BCUT2D eigenvalue weighted by atomic mass is 31.3. The van der Waals surface area contributed by atoms with Gasteiger partial charge in [-0.1, -0.05) is 30.3 Å². The van der Waals surface area contributed by atoms with E-state index in [0.29, 0.717) is 5.57 Å². The number of benzene rings is 1. The van der Waals surface area contributed by atoms with E-state index in [9.17, 15) is 57.3 Å². The number of aliphatic hydroxyl groups excluding tert-OH is 1. The Balaban J connectivity index is 1.03. The fourth-order valence-corrected chi connectivity index (χ4v) is 11.0. The van der Waals surface area contributed by atoms with Crippen molar-refractivity contribution in [3.63, 3.8) is 0 Å². The van der Waals surface area contributed by atoms with Gasteiger partial charge in [0.2, 0.25) is 0 Å². The molecular weight excluding hydrogens is 854 g/mol. The minimum atomic E-state index is -6.18. The van der Waals surface area contributed by atoms with E-state index in [-0.39, 0.29) is 12.8 Å². The quantitative estimate of drug-likeness (QED) is 0.102. The predicted molar refractivity (Wildman–Crippen MR) is 185 cm³/mol. The molecule has 4 aliphatic heterocycles. The van der Waals surface area contributed by atoms with Gasteiger partial charge in [0.05, 0.1) is 19.3 Å². The first-order valence-corrected chi connectivity index (χ1v) is 22.5. The third-order valence-corrected chi connectivity index (χ3v) is 14.5. The van der Waals surface area contributed by atoms with Crippen LogP contribution in [0.4, 0.5) is 4.79 Å². The summed E-state index contributed by atoms with van der Waals surface area (Å²) in [5.41, 5.74) is 5.46. The third kappa shape index (κ3) is 11.1. The zero-order valence-corrected chi connectivity index (χ0v) is 32.7. The SMILES string of the molecule is CC1=CN([C@H]2C[C@H](O)[C@@H](COP(=O)(O)OP(=O)(O)OP(=O)(O)OP(=O)(O)OC[C@H]3O[C@@H](n4ccc(=O)[nH]c4=O)[C@@H]4OC(Cc5ccccc5)O[C@@H]43)O2)C(=O)NC1N. The van der Waals surface area contributed by atoms with Crippen LogP contribution in [0.15, 0.2) is 64.0 Å². The molecule has 2 amide bonds. The lowest BCUT2D eigenvalue weighted by atomic mass is 10.1. The van der Waals surface area contributed by atoms with Gasteiger partial charge in [-0.2, -0.15) is 12.9 Å². The number of amides is 2. The number of fused-ring (bicyclic) bond motifs is 1. The summed E-state index contributed by atoms with van der Waals surface area (Å²) in [7, 11) is -23.8. The first-order chi connectivity index (χ1) is 26.6. The van der Waals surface area contributed by atoms with Crippen molar-refractivity contribution in [1.82, 2.24) is 19.8 Å². The minimum absolute atomic E-state index is 0.202. The number of aromatic amines is 1. The Morgan fingerprint density at radius 3 is 2.05 bits per heavy atom. The molecule has 1 aromatic carbocycles. The van der Waals surface area contributed by atoms with Gasteiger partial charge < -0.3 is 54.7 Å². The standard InChI is InChI=1S/C27H37N5O21P4/c1-14-11-32(27(36)30-24(14)28)20-10-16(33)17(47-20)12-45-54(37,38)51-56(41,42)53-57(43,44)52-55(39,40)46-13-18-22-23(25(48-18)31-8-7-19(34)29-26(31)35)50-21(49-22)9-15-5-3-2-4-6-15/h2-8,11,16-18,20-25,33H,9-10,12-13,28H2,1H3,(H,30,36)(H,37,38)(H,39,40)(H,41,42)(H,43,44)(H,29,34,35)/t16-,17+,18+,20+,21?,22+,23+,24?,25+/m0/s1. The van der Waals surface area contributed by atoms with Gasteiger partial charge in [-0.3, -0.25) is 28.3 Å². The van der Waals surface area contributed by atoms with Crippen LogP contribution in [-0.4, -0.2) is 108 Å². The number of rotatable bonds is 16. The predicted octanol–water partition coefficient (Wildman–Crippen LogP) is -0.0389. The average molecular weight is 892 g/mol. The first-order valence-electron chi connectivity index (χ1n) is 16.5. The van der Waals surface area contributed by atoms with Crippen molar-refractivity contribution in [3.8, 4) is 0 Å². The van der Waals surface area contributed by atoms with Crippen LogP contribution in [0.25, 0.3) is 0 Å². The highest BCUT2D eigenvalue weighted by Gasteiger charge is 2.55. The van der Waals surface area contributed by atoms with Crippen LogP contribution in [0.3, 0.4) is 0 Å². The summed E-state index contributed by atoms with van der Waals surface area (Å²) in [6.45, 7) is -0.332. The molecule has 57 heavy (non-hydrogen) atoms. The minimum Gasteiger partial charge on any atom is -0.390 e. The lowest BCUT2D eigenvalue weighted by molar-refractivity contribution is -0.150. The summed E-state index contributed by atoms with van der Waals surface area (Å²) in [4.78, 5) is 79.8. The molecule has 1 aromatic heterocycles. The number of carbonyl (C=O) groups excluding carboxylic acids is 1. The highest BCUT2D eigenvalue weighted by Crippen LogP contribution is 2.71. The normalized spacial score (nSPS) is 33.0. The van der Waals surface area contributed by atoms with Crippen LogP contribution >= 0.6 is 31.3 Å². The summed E-state index contributed by atoms with van der Waals surface area (Å²) >= 11 is 0. The van der Waals surface area contributed by atoms with Crippen LogP contribution in [-0.2, 0) is 65.6 Å². The number of phosphoric ester groups is 2. The third-order valence-electron chi connectivity index (χ3n) is 8.56. The smallest absolute Gasteiger partial charge is 0.390 e. The summed E-state index contributed by atoms with van der Waals surface area (Å²) in [6.07, 6.45) is -7.85. The Morgan fingerprint density at radius 2 is 1.42 bits per heavy atom. The number of urea groups is 1. The number of aliphatic hydroxyl groups is 1. The van der Waals surface area contributed by atoms with Crippen molar-refractivity contribution in [3.05, 3.63) is 80.8 Å². The van der Waals surface area contributed by atoms with Crippen LogP contribution in [0.5, 0.6) is 0 Å². The van der Waals surface area contributed by atoms with Gasteiger partial charge in [-0.25, -0.2) is 27.8 Å². The fraction of sp³-hybridized carbons (Fsp3) is 0.519. The monoisotopic (exact) mass is 891 g/mol. The fourth-order valence-electron chi connectivity index (χ4n) is 6.02. The van der Waals surface area contributed by atoms with Gasteiger partial charge in [-0.05, 0) is 18.1 Å². The van der Waals surface area contributed by atoms with Crippen molar-refractivity contribution >= 4 is 37.3 Å². The van der Waals surface area contributed by atoms with E-state index in [1.165, 1.54) is 6.20 Å². The number of H-pyrrole nitrogens is 1. The van der Waals surface area contributed by atoms with Crippen molar-refractivity contribution in [2.24, 2.45) is 5.73 Å². The second-order valence-corrected chi connectivity index (χ2v) is 19.0. The maximum absolute atomic E-state index is 12.7. The first kappa shape index (κ1) is 43.8. The molecule has 6 rings (SSSR count). The molecule has 6 unspecified atom stereocenters. The van der Waals surface area contributed by atoms with Gasteiger partial charge in [0.1, 0.15) is 36.8 Å². The summed E-state index contributed by atoms with van der Waals surface area (Å²) < 4.78 is 95.7. The van der Waals surface area contributed by atoms with Crippen molar-refractivity contribution in [1.29, 1.82) is 0 Å². The van der Waals surface area contributed by atoms with Gasteiger partial charge in [0.25, 0.3) is 5.56 Å². The van der Waals surface area contributed by atoms with E-state index in [1.807, 2.05) is 0 Å². The Bertz CT molecular complexity index is 2160. The Kier molecular flexibility index (Phi) is 13.1. The Morgan fingerprint density at radius 1 is 0.825 bits per heavy atom. The van der Waals surface area contributed by atoms with Gasteiger partial charge >= 0.3 is 43.0 Å². The van der Waals surface area contributed by atoms with Crippen molar-refractivity contribution in [2.45, 2.75) is 75.2 Å². The largest absolute Gasteiger partial charge is 0.490 e. The maximum atomic E-state index is 12.7. The molecule has 0 saturated carbocycles. The van der Waals surface area contributed by atoms with Gasteiger partial charge in [-0.15, -0.1) is 0 Å². The summed E-state index contributed by atoms with van der Waals surface area (Å²) in [6, 6.07) is 9.28. The molecule has 3 saturated heterocycles. The number of nitrogens with two attached hydrogens (primary N) is 1. The van der Waals surface area contributed by atoms with E-state index >= 15 is 0 Å². The van der Waals surface area contributed by atoms with Crippen molar-refractivity contribution < 1.29 is 88.7 Å². The average Bonchev–Trinajstić information content (AvgIpc) is 3.76. The molecule has 13 atom stereocenters. The van der Waals surface area contributed by atoms with Crippen LogP contribution in [0.1, 0.15) is 25.1 Å². The van der Waals surface area contributed by atoms with Crippen LogP contribution in [0.2, 0.25) is 0 Å². The number of phosphoric acid groups is 4. The number of hydrogen-bond donors (Lipinski definition) is 8. The molecule has 4 aliphatic rings. The zero-order chi connectivity index (χ0) is 41.5. The number of aromatic nitrogens is 2. The molecule has 0 aliphatic carbocycles. The number of hydrogen-bond acceptors (Lipinski definition) is 18. The molecule has 5 heterocycles. The van der Waals surface area contributed by atoms with E-state index in [0.717, 1.165) is 27.3 Å². The molecule has 0 radical (unpaired) electrons. The second-order valence-electron chi connectivity index (χ2n) is 12.8. The Hall–Kier alpha value is -2.77. The zero-order valence-electron chi connectivity index (χ0n) is 29.2. The van der Waals surface area contributed by atoms with E-state index in [2.05, 4.69) is 27.8 Å². The topological polar surface area (TPSA) is 366 Å². The maximum Gasteiger partial charge on any atom is 0.490 e. The molecule has 3 fully saturated rings. The second kappa shape index (κ2) is 17.1. The molecular formula is C27H37N5O21P4. The summed E-state index contributed by atoms with van der Waals surface area (Å²) in [5, 5.41) is 12.8. The van der Waals surface area contributed by atoms with E-state index < -0.39 is 117 Å².